The van der Waals surface area contributed by atoms with E-state index in [1.165, 1.54) is 17.8 Å². The number of hydrogen-bond donors (Lipinski definition) is 1. The molecule has 4 heteroatoms. The van der Waals surface area contributed by atoms with E-state index >= 15 is 0 Å². The van der Waals surface area contributed by atoms with Crippen molar-refractivity contribution in [3.63, 3.8) is 0 Å². The molecule has 0 fully saturated rings. The van der Waals surface area contributed by atoms with E-state index in [2.05, 4.69) is 32.3 Å². The van der Waals surface area contributed by atoms with Crippen LogP contribution in [0.4, 0.5) is 4.39 Å². The first-order chi connectivity index (χ1) is 8.70. The predicted octanol–water partition coefficient (Wildman–Crippen LogP) is 3.49. The molecule has 0 saturated carbocycles. The Labute approximate surface area is 114 Å². The molecule has 0 amide bonds. The Morgan fingerprint density at radius 2 is 2.06 bits per heavy atom. The highest BCUT2D eigenvalue weighted by atomic mass is 79.9. The quantitative estimate of drug-likeness (QED) is 0.935. The van der Waals surface area contributed by atoms with Crippen LogP contribution in [0.5, 0.6) is 0 Å². The van der Waals surface area contributed by atoms with Crippen LogP contribution in [0, 0.1) is 5.82 Å². The van der Waals surface area contributed by atoms with Crippen LogP contribution in [0.25, 0.3) is 0 Å². The van der Waals surface area contributed by atoms with E-state index in [1.54, 1.807) is 6.07 Å². The van der Waals surface area contributed by atoms with Gasteiger partial charge in [-0.3, -0.25) is 4.98 Å². The molecule has 2 aromatic rings. The third kappa shape index (κ3) is 3.15. The SMILES string of the molecule is CNC(Cc1ccccc1Br)c1ccc(F)cn1. The van der Waals surface area contributed by atoms with Gasteiger partial charge in [-0.2, -0.15) is 0 Å². The topological polar surface area (TPSA) is 24.9 Å². The van der Waals surface area contributed by atoms with Gasteiger partial charge in [0.15, 0.2) is 0 Å². The molecule has 1 aromatic heterocycles. The van der Waals surface area contributed by atoms with Crippen molar-refractivity contribution in [3.8, 4) is 0 Å². The van der Waals surface area contributed by atoms with Crippen LogP contribution in [-0.4, -0.2) is 12.0 Å². The van der Waals surface area contributed by atoms with Crippen LogP contribution in [0.1, 0.15) is 17.3 Å². The summed E-state index contributed by atoms with van der Waals surface area (Å²) in [7, 11) is 1.88. The predicted molar refractivity (Wildman–Crippen MR) is 73.8 cm³/mol. The average molecular weight is 309 g/mol. The van der Waals surface area contributed by atoms with Crippen LogP contribution < -0.4 is 5.32 Å². The van der Waals surface area contributed by atoms with Gasteiger partial charge in [-0.1, -0.05) is 34.1 Å². The van der Waals surface area contributed by atoms with Crippen LogP contribution >= 0.6 is 15.9 Å². The minimum atomic E-state index is -0.311. The molecule has 1 N–H and O–H groups in total. The Kier molecular flexibility index (Phi) is 4.44. The fourth-order valence-electron chi connectivity index (χ4n) is 1.83. The van der Waals surface area contributed by atoms with Gasteiger partial charge in [0.25, 0.3) is 0 Å². The molecule has 1 aromatic carbocycles. The maximum Gasteiger partial charge on any atom is 0.141 e. The third-order valence-electron chi connectivity index (χ3n) is 2.84. The van der Waals surface area contributed by atoms with E-state index < -0.39 is 0 Å². The van der Waals surface area contributed by atoms with E-state index in [0.717, 1.165) is 16.6 Å². The van der Waals surface area contributed by atoms with Gasteiger partial charge in [-0.15, -0.1) is 0 Å². The summed E-state index contributed by atoms with van der Waals surface area (Å²) in [6, 6.07) is 11.3. The van der Waals surface area contributed by atoms with E-state index in [4.69, 9.17) is 0 Å². The van der Waals surface area contributed by atoms with Crippen LogP contribution in [0.15, 0.2) is 47.1 Å². The molecule has 1 heterocycles. The molecule has 94 valence electrons. The first-order valence-corrected chi connectivity index (χ1v) is 6.52. The van der Waals surface area contributed by atoms with Gasteiger partial charge in [0, 0.05) is 4.47 Å². The van der Waals surface area contributed by atoms with Crippen molar-refractivity contribution in [2.24, 2.45) is 0 Å². The number of pyridine rings is 1. The molecule has 0 spiro atoms. The lowest BCUT2D eigenvalue weighted by molar-refractivity contribution is 0.565. The number of halogens is 2. The highest BCUT2D eigenvalue weighted by Crippen LogP contribution is 2.22. The lowest BCUT2D eigenvalue weighted by Crippen LogP contribution is -2.20. The lowest BCUT2D eigenvalue weighted by Gasteiger charge is -2.16. The maximum absolute atomic E-state index is 12.9. The first kappa shape index (κ1) is 13.2. The van der Waals surface area contributed by atoms with Crippen LogP contribution in [0.2, 0.25) is 0 Å². The number of benzene rings is 1. The second-order valence-electron chi connectivity index (χ2n) is 4.04. The molecule has 18 heavy (non-hydrogen) atoms. The molecular formula is C14H14BrFN2. The molecule has 0 aliphatic carbocycles. The smallest absolute Gasteiger partial charge is 0.141 e. The molecule has 0 bridgehead atoms. The van der Waals surface area contributed by atoms with E-state index in [1.807, 2.05) is 25.2 Å². The standard InChI is InChI=1S/C14H14BrFN2/c1-17-14(13-7-6-11(16)9-18-13)8-10-4-2-3-5-12(10)15/h2-7,9,14,17H,8H2,1H3. The Bertz CT molecular complexity index is 513. The second kappa shape index (κ2) is 6.07. The zero-order valence-corrected chi connectivity index (χ0v) is 11.6. The molecule has 0 radical (unpaired) electrons. The van der Waals surface area contributed by atoms with Crippen molar-refractivity contribution in [3.05, 3.63) is 64.1 Å². The number of likely N-dealkylation sites (N-methyl/N-ethyl adjacent to an activating group) is 1. The largest absolute Gasteiger partial charge is 0.311 e. The highest BCUT2D eigenvalue weighted by Gasteiger charge is 2.13. The summed E-state index contributed by atoms with van der Waals surface area (Å²) in [5, 5.41) is 3.21. The summed E-state index contributed by atoms with van der Waals surface area (Å²) < 4.78 is 13.9. The Hall–Kier alpha value is -1.26. The third-order valence-corrected chi connectivity index (χ3v) is 3.61. The minimum Gasteiger partial charge on any atom is -0.311 e. The van der Waals surface area contributed by atoms with E-state index in [9.17, 15) is 4.39 Å². The van der Waals surface area contributed by atoms with Crippen molar-refractivity contribution in [1.29, 1.82) is 0 Å². The Morgan fingerprint density at radius 3 is 2.67 bits per heavy atom. The van der Waals surface area contributed by atoms with Crippen molar-refractivity contribution in [1.82, 2.24) is 10.3 Å². The van der Waals surface area contributed by atoms with Crippen molar-refractivity contribution in [2.45, 2.75) is 12.5 Å². The molecule has 1 atom stereocenters. The summed E-state index contributed by atoms with van der Waals surface area (Å²) >= 11 is 3.53. The van der Waals surface area contributed by atoms with Crippen molar-refractivity contribution >= 4 is 15.9 Å². The molecule has 0 saturated heterocycles. The van der Waals surface area contributed by atoms with E-state index in [-0.39, 0.29) is 11.9 Å². The first-order valence-electron chi connectivity index (χ1n) is 5.73. The van der Waals surface area contributed by atoms with Gasteiger partial charge in [0.1, 0.15) is 5.82 Å². The van der Waals surface area contributed by atoms with Crippen LogP contribution in [0.3, 0.4) is 0 Å². The second-order valence-corrected chi connectivity index (χ2v) is 4.89. The van der Waals surface area contributed by atoms with Gasteiger partial charge in [-0.05, 0) is 37.2 Å². The summed E-state index contributed by atoms with van der Waals surface area (Å²) in [6.45, 7) is 0. The van der Waals surface area contributed by atoms with Gasteiger partial charge in [-0.25, -0.2) is 4.39 Å². The summed E-state index contributed by atoms with van der Waals surface area (Å²) in [5.41, 5.74) is 2.04. The number of hydrogen-bond acceptors (Lipinski definition) is 2. The number of nitrogens with zero attached hydrogens (tertiary/aromatic N) is 1. The monoisotopic (exact) mass is 308 g/mol. The lowest BCUT2D eigenvalue weighted by atomic mass is 10.0. The van der Waals surface area contributed by atoms with Gasteiger partial charge in [0.05, 0.1) is 17.9 Å². The molecule has 2 rings (SSSR count). The number of aromatic nitrogens is 1. The normalized spacial score (nSPS) is 12.4. The molecular weight excluding hydrogens is 295 g/mol. The van der Waals surface area contributed by atoms with Crippen molar-refractivity contribution < 1.29 is 4.39 Å². The minimum absolute atomic E-state index is 0.0734. The summed E-state index contributed by atoms with van der Waals surface area (Å²) in [4.78, 5) is 4.12. The highest BCUT2D eigenvalue weighted by molar-refractivity contribution is 9.10. The van der Waals surface area contributed by atoms with Crippen LogP contribution in [-0.2, 0) is 6.42 Å². The number of rotatable bonds is 4. The summed E-state index contributed by atoms with van der Waals surface area (Å²) in [6.07, 6.45) is 2.05. The molecule has 2 nitrogen and oxygen atoms in total. The van der Waals surface area contributed by atoms with Gasteiger partial charge >= 0.3 is 0 Å². The zero-order valence-electron chi connectivity index (χ0n) is 10.0. The molecule has 1 unspecified atom stereocenters. The molecule has 0 aliphatic heterocycles. The maximum atomic E-state index is 12.9. The van der Waals surface area contributed by atoms with Gasteiger partial charge < -0.3 is 5.32 Å². The number of nitrogens with one attached hydrogen (secondary N) is 1. The summed E-state index contributed by atoms with van der Waals surface area (Å²) in [5.74, 6) is -0.311. The van der Waals surface area contributed by atoms with E-state index in [0.29, 0.717) is 0 Å². The average Bonchev–Trinajstić information content (AvgIpc) is 2.39. The van der Waals surface area contributed by atoms with Crippen molar-refractivity contribution in [2.75, 3.05) is 7.05 Å². The van der Waals surface area contributed by atoms with Gasteiger partial charge in [0.2, 0.25) is 0 Å². The molecule has 0 aliphatic rings. The Morgan fingerprint density at radius 1 is 1.28 bits per heavy atom. The fourth-order valence-corrected chi connectivity index (χ4v) is 2.28. The zero-order chi connectivity index (χ0) is 13.0. The fraction of sp³-hybridized carbons (Fsp3) is 0.214. The Balaban J connectivity index is 2.20.